The second-order valence-corrected chi connectivity index (χ2v) is 7.78. The third-order valence-electron chi connectivity index (χ3n) is 6.22. The molecule has 0 aromatic rings. The minimum atomic E-state index is 0.821. The van der Waals surface area contributed by atoms with E-state index in [9.17, 15) is 0 Å². The lowest BCUT2D eigenvalue weighted by Crippen LogP contribution is -2.58. The molecule has 1 saturated heterocycles. The van der Waals surface area contributed by atoms with Crippen molar-refractivity contribution in [2.45, 2.75) is 58.0 Å². The van der Waals surface area contributed by atoms with E-state index in [2.05, 4.69) is 49.7 Å². The Morgan fingerprint density at radius 1 is 1.00 bits per heavy atom. The summed E-state index contributed by atoms with van der Waals surface area (Å²) in [6.45, 7) is 9.84. The standard InChI is InChI=1S/C18H37N3/c1-6-21-13-18(14-21)20(5)12-11-15(2)16-7-9-17(10-8-16)19(3)4/h15-18H,6-14H2,1-5H3. The maximum absolute atomic E-state index is 2.61. The Morgan fingerprint density at radius 3 is 2.14 bits per heavy atom. The van der Waals surface area contributed by atoms with E-state index < -0.39 is 0 Å². The minimum absolute atomic E-state index is 0.821. The Kier molecular flexibility index (Phi) is 6.51. The summed E-state index contributed by atoms with van der Waals surface area (Å²) < 4.78 is 0. The summed E-state index contributed by atoms with van der Waals surface area (Å²) in [6.07, 6.45) is 7.09. The molecule has 0 N–H and O–H groups in total. The van der Waals surface area contributed by atoms with Crippen LogP contribution in [0.5, 0.6) is 0 Å². The highest BCUT2D eigenvalue weighted by atomic mass is 15.3. The van der Waals surface area contributed by atoms with Crippen LogP contribution in [0, 0.1) is 11.8 Å². The smallest absolute Gasteiger partial charge is 0.0347 e. The van der Waals surface area contributed by atoms with Gasteiger partial charge in [0.2, 0.25) is 0 Å². The molecule has 124 valence electrons. The van der Waals surface area contributed by atoms with E-state index in [0.717, 1.165) is 23.9 Å². The molecule has 1 heterocycles. The van der Waals surface area contributed by atoms with Crippen LogP contribution in [-0.2, 0) is 0 Å². The van der Waals surface area contributed by atoms with E-state index in [-0.39, 0.29) is 0 Å². The first kappa shape index (κ1) is 17.2. The zero-order valence-corrected chi connectivity index (χ0v) is 15.0. The number of likely N-dealkylation sites (tertiary alicyclic amines) is 1. The second-order valence-electron chi connectivity index (χ2n) is 7.78. The molecule has 0 aromatic heterocycles. The van der Waals surface area contributed by atoms with Crippen LogP contribution in [0.4, 0.5) is 0 Å². The monoisotopic (exact) mass is 295 g/mol. The van der Waals surface area contributed by atoms with Gasteiger partial charge >= 0.3 is 0 Å². The summed E-state index contributed by atoms with van der Waals surface area (Å²) in [4.78, 5) is 7.56. The van der Waals surface area contributed by atoms with Gasteiger partial charge < -0.3 is 14.7 Å². The molecule has 1 aliphatic heterocycles. The molecule has 1 unspecified atom stereocenters. The van der Waals surface area contributed by atoms with E-state index >= 15 is 0 Å². The van der Waals surface area contributed by atoms with E-state index in [4.69, 9.17) is 0 Å². The Labute approximate surface area is 132 Å². The number of hydrogen-bond donors (Lipinski definition) is 0. The molecule has 3 nitrogen and oxygen atoms in total. The molecule has 0 radical (unpaired) electrons. The predicted octanol–water partition coefficient (Wildman–Crippen LogP) is 2.77. The van der Waals surface area contributed by atoms with Gasteiger partial charge in [-0.1, -0.05) is 13.8 Å². The molecule has 1 saturated carbocycles. The quantitative estimate of drug-likeness (QED) is 0.715. The minimum Gasteiger partial charge on any atom is -0.306 e. The van der Waals surface area contributed by atoms with Crippen LogP contribution in [0.25, 0.3) is 0 Å². The van der Waals surface area contributed by atoms with Crippen molar-refractivity contribution in [1.82, 2.24) is 14.7 Å². The fourth-order valence-electron chi connectivity index (χ4n) is 4.09. The molecule has 0 aromatic carbocycles. The lowest BCUT2D eigenvalue weighted by Gasteiger charge is -2.44. The molecule has 2 aliphatic rings. The van der Waals surface area contributed by atoms with Gasteiger partial charge in [-0.3, -0.25) is 0 Å². The van der Waals surface area contributed by atoms with Crippen molar-refractivity contribution < 1.29 is 0 Å². The van der Waals surface area contributed by atoms with Crippen molar-refractivity contribution in [1.29, 1.82) is 0 Å². The van der Waals surface area contributed by atoms with E-state index in [1.165, 1.54) is 58.3 Å². The number of rotatable bonds is 7. The highest BCUT2D eigenvalue weighted by molar-refractivity contribution is 4.86. The summed E-state index contributed by atoms with van der Waals surface area (Å²) >= 11 is 0. The molecule has 3 heteroatoms. The summed E-state index contributed by atoms with van der Waals surface area (Å²) in [7, 11) is 6.80. The predicted molar refractivity (Wildman–Crippen MR) is 91.7 cm³/mol. The molecule has 0 amide bonds. The zero-order chi connectivity index (χ0) is 15.4. The van der Waals surface area contributed by atoms with Gasteiger partial charge in [-0.2, -0.15) is 0 Å². The molecule has 1 atom stereocenters. The van der Waals surface area contributed by atoms with Crippen molar-refractivity contribution in [2.24, 2.45) is 11.8 Å². The molecule has 0 spiro atoms. The number of nitrogens with zero attached hydrogens (tertiary/aromatic N) is 3. The topological polar surface area (TPSA) is 9.72 Å². The molecule has 2 rings (SSSR count). The van der Waals surface area contributed by atoms with Crippen LogP contribution in [0.2, 0.25) is 0 Å². The average Bonchev–Trinajstić information content (AvgIpc) is 2.43. The summed E-state index contributed by atoms with van der Waals surface area (Å²) in [5, 5.41) is 0. The highest BCUT2D eigenvalue weighted by Crippen LogP contribution is 2.33. The van der Waals surface area contributed by atoms with Gasteiger partial charge in [0.15, 0.2) is 0 Å². The second kappa shape index (κ2) is 7.94. The summed E-state index contributed by atoms with van der Waals surface area (Å²) in [6, 6.07) is 1.66. The van der Waals surface area contributed by atoms with Crippen molar-refractivity contribution in [2.75, 3.05) is 47.3 Å². The molecule has 21 heavy (non-hydrogen) atoms. The maximum atomic E-state index is 2.61. The van der Waals surface area contributed by atoms with Gasteiger partial charge in [-0.25, -0.2) is 0 Å². The van der Waals surface area contributed by atoms with Crippen LogP contribution in [0.1, 0.15) is 46.0 Å². The molecule has 2 fully saturated rings. The Balaban J connectivity index is 1.62. The average molecular weight is 296 g/mol. The van der Waals surface area contributed by atoms with E-state index in [0.29, 0.717) is 0 Å². The first-order valence-electron chi connectivity index (χ1n) is 9.10. The van der Waals surface area contributed by atoms with Crippen molar-refractivity contribution in [3.05, 3.63) is 0 Å². The first-order chi connectivity index (χ1) is 10.0. The van der Waals surface area contributed by atoms with Crippen LogP contribution >= 0.6 is 0 Å². The van der Waals surface area contributed by atoms with Gasteiger partial charge in [0.25, 0.3) is 0 Å². The molecule has 0 bridgehead atoms. The fraction of sp³-hybridized carbons (Fsp3) is 1.00. The van der Waals surface area contributed by atoms with Gasteiger partial charge in [-0.05, 0) is 78.2 Å². The van der Waals surface area contributed by atoms with Crippen molar-refractivity contribution >= 4 is 0 Å². The van der Waals surface area contributed by atoms with Gasteiger partial charge in [0, 0.05) is 25.2 Å². The molecular formula is C18H37N3. The molecule has 1 aliphatic carbocycles. The van der Waals surface area contributed by atoms with E-state index in [1.807, 2.05) is 0 Å². The first-order valence-corrected chi connectivity index (χ1v) is 9.10. The van der Waals surface area contributed by atoms with Crippen molar-refractivity contribution in [3.8, 4) is 0 Å². The van der Waals surface area contributed by atoms with Gasteiger partial charge in [0.1, 0.15) is 0 Å². The number of hydrogen-bond acceptors (Lipinski definition) is 3. The third kappa shape index (κ3) is 4.67. The summed E-state index contributed by atoms with van der Waals surface area (Å²) in [5.41, 5.74) is 0. The maximum Gasteiger partial charge on any atom is 0.0347 e. The highest BCUT2D eigenvalue weighted by Gasteiger charge is 2.30. The van der Waals surface area contributed by atoms with Gasteiger partial charge in [0.05, 0.1) is 0 Å². The van der Waals surface area contributed by atoms with Crippen molar-refractivity contribution in [3.63, 3.8) is 0 Å². The fourth-order valence-corrected chi connectivity index (χ4v) is 4.09. The zero-order valence-electron chi connectivity index (χ0n) is 15.0. The third-order valence-corrected chi connectivity index (χ3v) is 6.22. The largest absolute Gasteiger partial charge is 0.306 e. The SMILES string of the molecule is CCN1CC(N(C)CCC(C)C2CCC(N(C)C)CC2)C1. The van der Waals surface area contributed by atoms with Gasteiger partial charge in [-0.15, -0.1) is 0 Å². The van der Waals surface area contributed by atoms with Crippen LogP contribution in [-0.4, -0.2) is 74.1 Å². The number of likely N-dealkylation sites (N-methyl/N-ethyl adjacent to an activating group) is 2. The lowest BCUT2D eigenvalue weighted by molar-refractivity contribution is 0.0479. The Hall–Kier alpha value is -0.120. The normalized spacial score (nSPS) is 29.9. The Bertz CT molecular complexity index is 291. The van der Waals surface area contributed by atoms with Crippen LogP contribution < -0.4 is 0 Å². The van der Waals surface area contributed by atoms with E-state index in [1.54, 1.807) is 0 Å². The van der Waals surface area contributed by atoms with Crippen LogP contribution in [0.3, 0.4) is 0 Å². The Morgan fingerprint density at radius 2 is 1.62 bits per heavy atom. The molecular weight excluding hydrogens is 258 g/mol. The van der Waals surface area contributed by atoms with Crippen LogP contribution in [0.15, 0.2) is 0 Å². The summed E-state index contributed by atoms with van der Waals surface area (Å²) in [5.74, 6) is 1.88. The lowest BCUT2D eigenvalue weighted by atomic mass is 9.77.